The van der Waals surface area contributed by atoms with Crippen molar-refractivity contribution in [2.75, 3.05) is 4.72 Å². The molecule has 1 aromatic carbocycles. The van der Waals surface area contributed by atoms with Crippen LogP contribution in [0.15, 0.2) is 18.2 Å². The molecule has 1 rings (SSSR count). The molecule has 9 heteroatoms. The van der Waals surface area contributed by atoms with E-state index in [0.29, 0.717) is 0 Å². The number of nitrogen functional groups attached to an aromatic ring is 1. The van der Waals surface area contributed by atoms with Crippen LogP contribution in [0.3, 0.4) is 0 Å². The summed E-state index contributed by atoms with van der Waals surface area (Å²) < 4.78 is 60.7. The van der Waals surface area contributed by atoms with Gasteiger partial charge >= 0.3 is 5.76 Å². The van der Waals surface area contributed by atoms with E-state index in [1.165, 1.54) is 4.72 Å². The second-order valence-corrected chi connectivity index (χ2v) is 4.63. The van der Waals surface area contributed by atoms with Gasteiger partial charge in [-0.25, -0.2) is 12.8 Å². The molecule has 0 fully saturated rings. The van der Waals surface area contributed by atoms with Gasteiger partial charge in [0.05, 0.1) is 11.3 Å². The minimum absolute atomic E-state index is 0.502. The van der Waals surface area contributed by atoms with Gasteiger partial charge in [-0.3, -0.25) is 10.1 Å². The SMILES string of the molecule is N=C(N)c1c(F)cccc1NS(=O)(=O)C(F)F. The van der Waals surface area contributed by atoms with Gasteiger partial charge in [0.1, 0.15) is 11.7 Å². The average Bonchev–Trinajstić information content (AvgIpc) is 2.15. The highest BCUT2D eigenvalue weighted by Gasteiger charge is 2.25. The van der Waals surface area contributed by atoms with Gasteiger partial charge in [0.15, 0.2) is 0 Å². The molecule has 4 N–H and O–H groups in total. The van der Waals surface area contributed by atoms with Crippen LogP contribution >= 0.6 is 0 Å². The Labute approximate surface area is 95.0 Å². The lowest BCUT2D eigenvalue weighted by molar-refractivity contribution is 0.236. The molecule has 0 aliphatic rings. The van der Waals surface area contributed by atoms with E-state index >= 15 is 0 Å². The van der Waals surface area contributed by atoms with Crippen LogP contribution in [-0.2, 0) is 10.0 Å². The summed E-state index contributed by atoms with van der Waals surface area (Å²) in [7, 11) is -4.93. The largest absolute Gasteiger partial charge is 0.384 e. The Morgan fingerprint density at radius 2 is 2.00 bits per heavy atom. The Hall–Kier alpha value is -1.77. The van der Waals surface area contributed by atoms with E-state index in [9.17, 15) is 21.6 Å². The molecule has 17 heavy (non-hydrogen) atoms. The first-order valence-corrected chi connectivity index (χ1v) is 5.73. The Morgan fingerprint density at radius 3 is 2.47 bits per heavy atom. The molecule has 0 aliphatic carbocycles. The van der Waals surface area contributed by atoms with E-state index in [-0.39, 0.29) is 0 Å². The molecule has 0 saturated carbocycles. The van der Waals surface area contributed by atoms with Gasteiger partial charge in [0.2, 0.25) is 0 Å². The number of rotatable bonds is 4. The Morgan fingerprint density at radius 1 is 1.41 bits per heavy atom. The number of hydrogen-bond donors (Lipinski definition) is 3. The lowest BCUT2D eigenvalue weighted by Crippen LogP contribution is -2.24. The molecule has 0 unspecified atom stereocenters. The average molecular weight is 267 g/mol. The molecule has 0 aromatic heterocycles. The lowest BCUT2D eigenvalue weighted by atomic mass is 10.1. The van der Waals surface area contributed by atoms with Gasteiger partial charge in [-0.2, -0.15) is 8.78 Å². The minimum atomic E-state index is -4.93. The van der Waals surface area contributed by atoms with E-state index in [2.05, 4.69) is 0 Å². The molecule has 0 heterocycles. The first-order valence-electron chi connectivity index (χ1n) is 4.18. The standard InChI is InChI=1S/C8H8F3N3O2S/c9-4-2-1-3-5(6(4)7(12)13)14-17(15,16)8(10)11/h1-3,8,14H,(H3,12,13). The Balaban J connectivity index is 3.25. The van der Waals surface area contributed by atoms with Crippen LogP contribution in [0.2, 0.25) is 0 Å². The van der Waals surface area contributed by atoms with Crippen molar-refractivity contribution in [2.45, 2.75) is 5.76 Å². The normalized spacial score (nSPS) is 11.5. The molecule has 0 spiro atoms. The topological polar surface area (TPSA) is 96.0 Å². The number of halogens is 3. The zero-order chi connectivity index (χ0) is 13.2. The number of alkyl halides is 2. The first kappa shape index (κ1) is 13.3. The molecule has 5 nitrogen and oxygen atoms in total. The summed E-state index contributed by atoms with van der Waals surface area (Å²) in [5.74, 6) is -5.41. The number of nitrogens with one attached hydrogen (secondary N) is 2. The van der Waals surface area contributed by atoms with E-state index < -0.39 is 38.7 Å². The fourth-order valence-corrected chi connectivity index (χ4v) is 1.65. The van der Waals surface area contributed by atoms with Gasteiger partial charge in [-0.05, 0) is 12.1 Å². The zero-order valence-electron chi connectivity index (χ0n) is 8.25. The van der Waals surface area contributed by atoms with Crippen molar-refractivity contribution in [3.05, 3.63) is 29.6 Å². The van der Waals surface area contributed by atoms with Crippen molar-refractivity contribution < 1.29 is 21.6 Å². The van der Waals surface area contributed by atoms with E-state index in [0.717, 1.165) is 18.2 Å². The summed E-state index contributed by atoms with van der Waals surface area (Å²) in [5, 5.41) is 7.05. The summed E-state index contributed by atoms with van der Waals surface area (Å²) in [6.07, 6.45) is 0. The summed E-state index contributed by atoms with van der Waals surface area (Å²) in [4.78, 5) is 0. The highest BCUT2D eigenvalue weighted by atomic mass is 32.2. The second-order valence-electron chi connectivity index (χ2n) is 2.98. The summed E-state index contributed by atoms with van der Waals surface area (Å²) in [5.41, 5.74) is 3.96. The summed E-state index contributed by atoms with van der Waals surface area (Å²) in [6.45, 7) is 0. The molecule has 0 atom stereocenters. The summed E-state index contributed by atoms with van der Waals surface area (Å²) >= 11 is 0. The van der Waals surface area contributed by atoms with Gasteiger partial charge in [0.25, 0.3) is 10.0 Å². The Kier molecular flexibility index (Phi) is 3.61. The third kappa shape index (κ3) is 2.87. The number of sulfonamides is 1. The quantitative estimate of drug-likeness (QED) is 0.562. The fourth-order valence-electron chi connectivity index (χ4n) is 1.08. The molecule has 94 valence electrons. The molecule has 0 amide bonds. The van der Waals surface area contributed by atoms with Gasteiger partial charge < -0.3 is 5.73 Å². The van der Waals surface area contributed by atoms with Crippen molar-refractivity contribution in [2.24, 2.45) is 5.73 Å². The molecule has 0 radical (unpaired) electrons. The minimum Gasteiger partial charge on any atom is -0.384 e. The van der Waals surface area contributed by atoms with Crippen molar-refractivity contribution in [3.8, 4) is 0 Å². The molecule has 0 aliphatic heterocycles. The highest BCUT2D eigenvalue weighted by molar-refractivity contribution is 7.93. The van der Waals surface area contributed by atoms with Crippen LogP contribution in [0, 0.1) is 11.2 Å². The molecule has 1 aromatic rings. The van der Waals surface area contributed by atoms with Crippen LogP contribution in [0.4, 0.5) is 18.9 Å². The smallest absolute Gasteiger partial charge is 0.355 e. The van der Waals surface area contributed by atoms with E-state index in [1.807, 2.05) is 0 Å². The highest BCUT2D eigenvalue weighted by Crippen LogP contribution is 2.21. The van der Waals surface area contributed by atoms with Gasteiger partial charge in [-0.15, -0.1) is 0 Å². The van der Waals surface area contributed by atoms with Crippen LogP contribution in [0.25, 0.3) is 0 Å². The number of amidine groups is 1. The van der Waals surface area contributed by atoms with Crippen molar-refractivity contribution in [1.29, 1.82) is 5.41 Å². The van der Waals surface area contributed by atoms with Crippen molar-refractivity contribution in [3.63, 3.8) is 0 Å². The predicted octanol–water partition coefficient (Wildman–Crippen LogP) is 1.07. The Bertz CT molecular complexity index is 545. The third-order valence-corrected chi connectivity index (χ3v) is 2.74. The fraction of sp³-hybridized carbons (Fsp3) is 0.125. The summed E-state index contributed by atoms with van der Waals surface area (Å²) in [6, 6.07) is 3.06. The maximum Gasteiger partial charge on any atom is 0.355 e. The first-order chi connectivity index (χ1) is 7.75. The lowest BCUT2D eigenvalue weighted by Gasteiger charge is -2.11. The maximum atomic E-state index is 13.2. The molecular formula is C8H8F3N3O2S. The van der Waals surface area contributed by atoms with Gasteiger partial charge in [-0.1, -0.05) is 6.07 Å². The predicted molar refractivity (Wildman–Crippen MR) is 56.0 cm³/mol. The van der Waals surface area contributed by atoms with Crippen LogP contribution in [-0.4, -0.2) is 20.0 Å². The number of benzene rings is 1. The third-order valence-electron chi connectivity index (χ3n) is 1.77. The molecule has 0 bridgehead atoms. The van der Waals surface area contributed by atoms with E-state index in [1.54, 1.807) is 0 Å². The van der Waals surface area contributed by atoms with E-state index in [4.69, 9.17) is 11.1 Å². The van der Waals surface area contributed by atoms with Crippen LogP contribution < -0.4 is 10.5 Å². The number of hydrogen-bond acceptors (Lipinski definition) is 3. The zero-order valence-corrected chi connectivity index (χ0v) is 9.06. The van der Waals surface area contributed by atoms with Crippen LogP contribution in [0.1, 0.15) is 5.56 Å². The number of anilines is 1. The van der Waals surface area contributed by atoms with Crippen molar-refractivity contribution in [1.82, 2.24) is 0 Å². The number of nitrogens with two attached hydrogens (primary N) is 1. The maximum absolute atomic E-state index is 13.2. The molecule has 0 saturated heterocycles. The molecular weight excluding hydrogens is 259 g/mol. The van der Waals surface area contributed by atoms with Crippen LogP contribution in [0.5, 0.6) is 0 Å². The monoisotopic (exact) mass is 267 g/mol. The second kappa shape index (κ2) is 4.62. The van der Waals surface area contributed by atoms with Gasteiger partial charge in [0, 0.05) is 0 Å². The van der Waals surface area contributed by atoms with Crippen molar-refractivity contribution >= 4 is 21.5 Å².